The minimum absolute atomic E-state index is 0.0879. The summed E-state index contributed by atoms with van der Waals surface area (Å²) in [4.78, 5) is 28.4. The second-order valence-electron chi connectivity index (χ2n) is 8.93. The van der Waals surface area contributed by atoms with E-state index in [1.165, 1.54) is 0 Å². The molecule has 1 atom stereocenters. The Hall–Kier alpha value is -2.73. The molecule has 7 heteroatoms. The number of nitrogens with zero attached hydrogens (tertiary/aromatic N) is 1. The zero-order chi connectivity index (χ0) is 24.5. The van der Waals surface area contributed by atoms with Gasteiger partial charge in [0.1, 0.15) is 23.4 Å². The van der Waals surface area contributed by atoms with Crippen LogP contribution in [0.4, 0.5) is 0 Å². The Labute approximate surface area is 207 Å². The lowest BCUT2D eigenvalue weighted by molar-refractivity contribution is -0.139. The van der Waals surface area contributed by atoms with Crippen LogP contribution < -0.4 is 14.8 Å². The summed E-state index contributed by atoms with van der Waals surface area (Å²) in [5.74, 6) is 1.03. The summed E-state index contributed by atoms with van der Waals surface area (Å²) in [6, 6.07) is 14.4. The molecule has 1 N–H and O–H groups in total. The van der Waals surface area contributed by atoms with Crippen LogP contribution in [0.2, 0.25) is 0 Å². The summed E-state index contributed by atoms with van der Waals surface area (Å²) in [6.45, 7) is 2.59. The lowest BCUT2D eigenvalue weighted by atomic mass is 9.87. The van der Waals surface area contributed by atoms with Gasteiger partial charge in [0.2, 0.25) is 11.8 Å². The highest BCUT2D eigenvalue weighted by Gasteiger charge is 2.35. The van der Waals surface area contributed by atoms with E-state index in [9.17, 15) is 9.59 Å². The SMILES string of the molecule is COc1ccc(OC)c(C(C(=O)NC2CCC(C)CC2)N(CCc2ccccc2)C(=O)CCl)c1. The zero-order valence-corrected chi connectivity index (χ0v) is 21.0. The van der Waals surface area contributed by atoms with Crippen molar-refractivity contribution >= 4 is 23.4 Å². The molecule has 6 nitrogen and oxygen atoms in total. The number of nitrogens with one attached hydrogen (secondary N) is 1. The molecule has 1 aliphatic rings. The van der Waals surface area contributed by atoms with E-state index in [-0.39, 0.29) is 23.7 Å². The first-order valence-corrected chi connectivity index (χ1v) is 12.4. The number of alkyl halides is 1. The largest absolute Gasteiger partial charge is 0.497 e. The van der Waals surface area contributed by atoms with Crippen molar-refractivity contribution < 1.29 is 19.1 Å². The summed E-state index contributed by atoms with van der Waals surface area (Å²) in [6.07, 6.45) is 4.62. The topological polar surface area (TPSA) is 67.9 Å². The molecule has 34 heavy (non-hydrogen) atoms. The predicted octanol–water partition coefficient (Wildman–Crippen LogP) is 4.75. The van der Waals surface area contributed by atoms with E-state index in [4.69, 9.17) is 21.1 Å². The molecule has 0 bridgehead atoms. The molecule has 1 aliphatic carbocycles. The maximum atomic E-state index is 13.8. The first-order valence-electron chi connectivity index (χ1n) is 11.9. The Morgan fingerprint density at radius 3 is 2.38 bits per heavy atom. The van der Waals surface area contributed by atoms with Gasteiger partial charge in [0, 0.05) is 18.2 Å². The normalized spacial score (nSPS) is 18.6. The van der Waals surface area contributed by atoms with Crippen LogP contribution in [0.25, 0.3) is 0 Å². The van der Waals surface area contributed by atoms with Gasteiger partial charge in [0.25, 0.3) is 0 Å². The van der Waals surface area contributed by atoms with Gasteiger partial charge >= 0.3 is 0 Å². The first-order chi connectivity index (χ1) is 16.5. The maximum absolute atomic E-state index is 13.8. The van der Waals surface area contributed by atoms with Crippen LogP contribution in [0.3, 0.4) is 0 Å². The van der Waals surface area contributed by atoms with Crippen LogP contribution in [-0.4, -0.2) is 49.4 Å². The number of hydrogen-bond acceptors (Lipinski definition) is 4. The molecule has 184 valence electrons. The fraction of sp³-hybridized carbons (Fsp3) is 0.481. The van der Waals surface area contributed by atoms with E-state index in [1.807, 2.05) is 30.3 Å². The fourth-order valence-electron chi connectivity index (χ4n) is 4.56. The smallest absolute Gasteiger partial charge is 0.247 e. The third kappa shape index (κ3) is 6.66. The van der Waals surface area contributed by atoms with Gasteiger partial charge in [0.05, 0.1) is 14.2 Å². The van der Waals surface area contributed by atoms with Gasteiger partial charge in [-0.05, 0) is 61.8 Å². The number of carbonyl (C=O) groups excluding carboxylic acids is 2. The molecule has 0 saturated heterocycles. The van der Waals surface area contributed by atoms with Crippen molar-refractivity contribution in [2.24, 2.45) is 5.92 Å². The van der Waals surface area contributed by atoms with Crippen LogP contribution in [0.1, 0.15) is 49.8 Å². The molecule has 1 fully saturated rings. The number of halogens is 1. The molecule has 0 aliphatic heterocycles. The van der Waals surface area contributed by atoms with Crippen molar-refractivity contribution in [1.29, 1.82) is 0 Å². The highest BCUT2D eigenvalue weighted by atomic mass is 35.5. The van der Waals surface area contributed by atoms with Gasteiger partial charge in [-0.25, -0.2) is 0 Å². The van der Waals surface area contributed by atoms with Gasteiger partial charge in [-0.2, -0.15) is 0 Å². The van der Waals surface area contributed by atoms with Crippen molar-refractivity contribution in [1.82, 2.24) is 10.2 Å². The summed E-state index contributed by atoms with van der Waals surface area (Å²) in [5, 5.41) is 3.21. The van der Waals surface area contributed by atoms with Crippen LogP contribution >= 0.6 is 11.6 Å². The third-order valence-electron chi connectivity index (χ3n) is 6.57. The molecule has 2 aromatic carbocycles. The molecule has 2 aromatic rings. The van der Waals surface area contributed by atoms with E-state index >= 15 is 0 Å². The van der Waals surface area contributed by atoms with E-state index < -0.39 is 6.04 Å². The Morgan fingerprint density at radius 2 is 1.76 bits per heavy atom. The second-order valence-corrected chi connectivity index (χ2v) is 9.20. The minimum Gasteiger partial charge on any atom is -0.497 e. The number of methoxy groups -OCH3 is 2. The molecule has 3 rings (SSSR count). The zero-order valence-electron chi connectivity index (χ0n) is 20.3. The number of benzene rings is 2. The number of rotatable bonds is 10. The number of hydrogen-bond donors (Lipinski definition) is 1. The van der Waals surface area contributed by atoms with Gasteiger partial charge < -0.3 is 19.7 Å². The quantitative estimate of drug-likeness (QED) is 0.492. The molecule has 2 amide bonds. The van der Waals surface area contributed by atoms with Crippen molar-refractivity contribution in [2.45, 2.75) is 51.1 Å². The number of ether oxygens (including phenoxy) is 2. The van der Waals surface area contributed by atoms with Gasteiger partial charge in [-0.3, -0.25) is 9.59 Å². The molecule has 0 spiro atoms. The van der Waals surface area contributed by atoms with Crippen LogP contribution in [0.5, 0.6) is 11.5 Å². The summed E-state index contributed by atoms with van der Waals surface area (Å²) in [5.41, 5.74) is 1.66. The van der Waals surface area contributed by atoms with Gasteiger partial charge in [-0.1, -0.05) is 37.3 Å². The second kappa shape index (κ2) is 12.7. The standard InChI is InChI=1S/C27H35ClN2O4/c1-19-9-11-21(12-10-19)29-27(32)26(23-17-22(33-2)13-14-24(23)34-3)30(25(31)18-28)16-15-20-7-5-4-6-8-20/h4-8,13-14,17,19,21,26H,9-12,15-16,18H2,1-3H3,(H,29,32). The molecule has 1 unspecified atom stereocenters. The summed E-state index contributed by atoms with van der Waals surface area (Å²) >= 11 is 6.03. The van der Waals surface area contributed by atoms with Crippen molar-refractivity contribution in [3.8, 4) is 11.5 Å². The first kappa shape index (κ1) is 25.9. The maximum Gasteiger partial charge on any atom is 0.247 e. The molecular weight excluding hydrogens is 452 g/mol. The Morgan fingerprint density at radius 1 is 1.06 bits per heavy atom. The minimum atomic E-state index is -0.889. The average molecular weight is 487 g/mol. The van der Waals surface area contributed by atoms with E-state index in [0.29, 0.717) is 35.9 Å². The van der Waals surface area contributed by atoms with Crippen LogP contribution in [0, 0.1) is 5.92 Å². The predicted molar refractivity (Wildman–Crippen MR) is 134 cm³/mol. The van der Waals surface area contributed by atoms with E-state index in [1.54, 1.807) is 37.3 Å². The van der Waals surface area contributed by atoms with Crippen molar-refractivity contribution in [3.63, 3.8) is 0 Å². The lowest BCUT2D eigenvalue weighted by Gasteiger charge is -2.34. The Balaban J connectivity index is 1.97. The fourth-order valence-corrected chi connectivity index (χ4v) is 4.71. The average Bonchev–Trinajstić information content (AvgIpc) is 2.87. The lowest BCUT2D eigenvalue weighted by Crippen LogP contribution is -2.48. The van der Waals surface area contributed by atoms with Crippen LogP contribution in [0.15, 0.2) is 48.5 Å². The monoisotopic (exact) mass is 486 g/mol. The summed E-state index contributed by atoms with van der Waals surface area (Å²) < 4.78 is 11.0. The Bertz CT molecular complexity index is 945. The highest BCUT2D eigenvalue weighted by Crippen LogP contribution is 2.34. The molecule has 0 radical (unpaired) electrons. The van der Waals surface area contributed by atoms with Crippen molar-refractivity contribution in [2.75, 3.05) is 26.6 Å². The molecule has 0 aromatic heterocycles. The molecular formula is C27H35ClN2O4. The highest BCUT2D eigenvalue weighted by molar-refractivity contribution is 6.27. The Kier molecular flexibility index (Phi) is 9.63. The van der Waals surface area contributed by atoms with Gasteiger partial charge in [0.15, 0.2) is 0 Å². The number of carbonyl (C=O) groups is 2. The third-order valence-corrected chi connectivity index (χ3v) is 6.80. The van der Waals surface area contributed by atoms with Gasteiger partial charge in [-0.15, -0.1) is 11.6 Å². The number of amides is 2. The van der Waals surface area contributed by atoms with Crippen LogP contribution in [-0.2, 0) is 16.0 Å². The van der Waals surface area contributed by atoms with Crippen molar-refractivity contribution in [3.05, 3.63) is 59.7 Å². The van der Waals surface area contributed by atoms with E-state index in [2.05, 4.69) is 12.2 Å². The summed E-state index contributed by atoms with van der Waals surface area (Å²) in [7, 11) is 3.13. The molecule has 1 saturated carbocycles. The molecule has 0 heterocycles. The van der Waals surface area contributed by atoms with E-state index in [0.717, 1.165) is 31.2 Å².